The van der Waals surface area contributed by atoms with Crippen molar-refractivity contribution in [2.75, 3.05) is 6.54 Å². The van der Waals surface area contributed by atoms with Crippen LogP contribution in [0.4, 0.5) is 0 Å². The van der Waals surface area contributed by atoms with E-state index < -0.39 is 10.0 Å². The fourth-order valence-electron chi connectivity index (χ4n) is 1.65. The minimum Gasteiger partial charge on any atom is -0.326 e. The van der Waals surface area contributed by atoms with Crippen molar-refractivity contribution >= 4 is 10.0 Å². The van der Waals surface area contributed by atoms with E-state index in [0.717, 1.165) is 5.56 Å². The second kappa shape index (κ2) is 5.96. The van der Waals surface area contributed by atoms with Gasteiger partial charge in [-0.25, -0.2) is 13.1 Å². The number of nitrogens with one attached hydrogen (secondary N) is 1. The summed E-state index contributed by atoms with van der Waals surface area (Å²) >= 11 is 0. The molecule has 0 bridgehead atoms. The number of benzene rings is 1. The summed E-state index contributed by atoms with van der Waals surface area (Å²) in [6.07, 6.45) is 3.43. The Balaban J connectivity index is 2.01. The predicted molar refractivity (Wildman–Crippen MR) is 71.7 cm³/mol. The maximum Gasteiger partial charge on any atom is 0.240 e. The van der Waals surface area contributed by atoms with Crippen molar-refractivity contribution in [2.45, 2.75) is 18.0 Å². The van der Waals surface area contributed by atoms with E-state index in [2.05, 4.69) is 9.82 Å². The molecule has 19 heavy (non-hydrogen) atoms. The molecule has 1 aromatic carbocycles. The number of rotatable bonds is 6. The second-order valence-electron chi connectivity index (χ2n) is 4.02. The number of hydrogen-bond acceptors (Lipinski definition) is 4. The van der Waals surface area contributed by atoms with Gasteiger partial charge in [0, 0.05) is 25.5 Å². The van der Waals surface area contributed by atoms with Crippen LogP contribution in [0.1, 0.15) is 5.56 Å². The number of nitrogens with two attached hydrogens (primary N) is 1. The third-order valence-corrected chi connectivity index (χ3v) is 4.10. The normalized spacial score (nSPS) is 11.6. The van der Waals surface area contributed by atoms with Gasteiger partial charge in [0.05, 0.1) is 11.4 Å². The van der Waals surface area contributed by atoms with E-state index in [1.165, 1.54) is 0 Å². The van der Waals surface area contributed by atoms with Crippen molar-refractivity contribution in [3.63, 3.8) is 0 Å². The molecule has 0 aliphatic rings. The lowest BCUT2D eigenvalue weighted by atomic mass is 10.2. The van der Waals surface area contributed by atoms with E-state index >= 15 is 0 Å². The van der Waals surface area contributed by atoms with Gasteiger partial charge in [-0.3, -0.25) is 4.68 Å². The highest BCUT2D eigenvalue weighted by molar-refractivity contribution is 7.89. The van der Waals surface area contributed by atoms with Crippen LogP contribution in [-0.4, -0.2) is 24.7 Å². The average Bonchev–Trinajstić information content (AvgIpc) is 2.92. The van der Waals surface area contributed by atoms with E-state index in [0.29, 0.717) is 13.1 Å². The first kappa shape index (κ1) is 13.7. The van der Waals surface area contributed by atoms with Crippen molar-refractivity contribution in [3.8, 4) is 0 Å². The van der Waals surface area contributed by atoms with Crippen molar-refractivity contribution in [2.24, 2.45) is 5.73 Å². The molecule has 0 saturated carbocycles. The fourth-order valence-corrected chi connectivity index (χ4v) is 2.74. The molecule has 0 radical (unpaired) electrons. The molecular weight excluding hydrogens is 264 g/mol. The van der Waals surface area contributed by atoms with Gasteiger partial charge >= 0.3 is 0 Å². The zero-order chi connectivity index (χ0) is 13.7. The zero-order valence-electron chi connectivity index (χ0n) is 10.4. The van der Waals surface area contributed by atoms with E-state index in [1.54, 1.807) is 47.4 Å². The van der Waals surface area contributed by atoms with Crippen LogP contribution < -0.4 is 10.5 Å². The highest BCUT2D eigenvalue weighted by atomic mass is 32.2. The Morgan fingerprint density at radius 3 is 2.84 bits per heavy atom. The van der Waals surface area contributed by atoms with Gasteiger partial charge < -0.3 is 5.73 Å². The lowest BCUT2D eigenvalue weighted by Gasteiger charge is -2.08. The van der Waals surface area contributed by atoms with Gasteiger partial charge in [0.1, 0.15) is 0 Å². The summed E-state index contributed by atoms with van der Waals surface area (Å²) in [6, 6.07) is 8.40. The van der Waals surface area contributed by atoms with Crippen molar-refractivity contribution in [1.29, 1.82) is 0 Å². The predicted octanol–water partition coefficient (Wildman–Crippen LogP) is 0.320. The minimum atomic E-state index is -3.49. The van der Waals surface area contributed by atoms with Crippen LogP contribution in [0.25, 0.3) is 0 Å². The Hall–Kier alpha value is -1.70. The summed E-state index contributed by atoms with van der Waals surface area (Å²) in [4.78, 5) is 0.232. The lowest BCUT2D eigenvalue weighted by molar-refractivity contribution is 0.561. The fraction of sp³-hybridized carbons (Fsp3) is 0.250. The highest BCUT2D eigenvalue weighted by Crippen LogP contribution is 2.10. The van der Waals surface area contributed by atoms with Gasteiger partial charge in [0.15, 0.2) is 0 Å². The molecule has 7 heteroatoms. The zero-order valence-corrected chi connectivity index (χ0v) is 11.2. The van der Waals surface area contributed by atoms with Crippen molar-refractivity contribution in [3.05, 3.63) is 48.3 Å². The van der Waals surface area contributed by atoms with Crippen LogP contribution in [0.5, 0.6) is 0 Å². The molecule has 0 saturated heterocycles. The molecule has 1 aromatic heterocycles. The number of aromatic nitrogens is 2. The summed E-state index contributed by atoms with van der Waals surface area (Å²) in [5, 5.41) is 4.00. The van der Waals surface area contributed by atoms with Gasteiger partial charge in [0.25, 0.3) is 0 Å². The molecule has 0 aliphatic carbocycles. The number of nitrogens with zero attached hydrogens (tertiary/aromatic N) is 2. The molecule has 1 heterocycles. The van der Waals surface area contributed by atoms with Crippen LogP contribution in [0, 0.1) is 0 Å². The Kier molecular flexibility index (Phi) is 4.31. The number of hydrogen-bond donors (Lipinski definition) is 2. The SMILES string of the molecule is NCc1cccc(S(=O)(=O)NCCn2cccn2)c1. The van der Waals surface area contributed by atoms with Gasteiger partial charge in [-0.15, -0.1) is 0 Å². The first-order valence-electron chi connectivity index (χ1n) is 5.88. The summed E-state index contributed by atoms with van der Waals surface area (Å²) in [5.74, 6) is 0. The van der Waals surface area contributed by atoms with Crippen molar-refractivity contribution in [1.82, 2.24) is 14.5 Å². The highest BCUT2D eigenvalue weighted by Gasteiger charge is 2.13. The van der Waals surface area contributed by atoms with Crippen LogP contribution in [0.3, 0.4) is 0 Å². The molecule has 3 N–H and O–H groups in total. The molecule has 0 spiro atoms. The molecule has 0 fully saturated rings. The van der Waals surface area contributed by atoms with Crippen LogP contribution in [0.15, 0.2) is 47.6 Å². The monoisotopic (exact) mass is 280 g/mol. The molecule has 0 aliphatic heterocycles. The third-order valence-electron chi connectivity index (χ3n) is 2.64. The van der Waals surface area contributed by atoms with E-state index in [1.807, 2.05) is 0 Å². The lowest BCUT2D eigenvalue weighted by Crippen LogP contribution is -2.27. The first-order valence-corrected chi connectivity index (χ1v) is 7.36. The minimum absolute atomic E-state index is 0.232. The van der Waals surface area contributed by atoms with Gasteiger partial charge in [-0.05, 0) is 23.8 Å². The van der Waals surface area contributed by atoms with Crippen LogP contribution in [-0.2, 0) is 23.1 Å². The maximum absolute atomic E-state index is 12.0. The standard InChI is InChI=1S/C12H16N4O2S/c13-10-11-3-1-4-12(9-11)19(17,18)15-6-8-16-7-2-5-14-16/h1-5,7,9,15H,6,8,10,13H2. The molecule has 0 atom stereocenters. The van der Waals surface area contributed by atoms with E-state index in [4.69, 9.17) is 5.73 Å². The average molecular weight is 280 g/mol. The molecule has 2 rings (SSSR count). The smallest absolute Gasteiger partial charge is 0.240 e. The maximum atomic E-state index is 12.0. The second-order valence-corrected chi connectivity index (χ2v) is 5.79. The first-order chi connectivity index (χ1) is 9.12. The molecule has 102 valence electrons. The van der Waals surface area contributed by atoms with Gasteiger partial charge in [-0.2, -0.15) is 5.10 Å². The Bertz CT molecular complexity index is 623. The largest absolute Gasteiger partial charge is 0.326 e. The summed E-state index contributed by atoms with van der Waals surface area (Å²) in [5.41, 5.74) is 6.29. The van der Waals surface area contributed by atoms with Gasteiger partial charge in [-0.1, -0.05) is 12.1 Å². The molecular formula is C12H16N4O2S. The van der Waals surface area contributed by atoms with Crippen LogP contribution >= 0.6 is 0 Å². The topological polar surface area (TPSA) is 90.0 Å². The van der Waals surface area contributed by atoms with Gasteiger partial charge in [0.2, 0.25) is 10.0 Å². The molecule has 2 aromatic rings. The Morgan fingerprint density at radius 2 is 2.16 bits per heavy atom. The van der Waals surface area contributed by atoms with E-state index in [9.17, 15) is 8.42 Å². The summed E-state index contributed by atoms with van der Waals surface area (Å²) in [7, 11) is -3.49. The van der Waals surface area contributed by atoms with E-state index in [-0.39, 0.29) is 11.4 Å². The Labute approximate surface area is 112 Å². The molecule has 6 nitrogen and oxygen atoms in total. The summed E-state index contributed by atoms with van der Waals surface area (Å²) < 4.78 is 28.3. The molecule has 0 amide bonds. The quantitative estimate of drug-likeness (QED) is 0.797. The van der Waals surface area contributed by atoms with Crippen LogP contribution in [0.2, 0.25) is 0 Å². The van der Waals surface area contributed by atoms with Crippen molar-refractivity contribution < 1.29 is 8.42 Å². The molecule has 0 unspecified atom stereocenters. The summed E-state index contributed by atoms with van der Waals surface area (Å²) in [6.45, 7) is 1.09. The third kappa shape index (κ3) is 3.63. The Morgan fingerprint density at radius 1 is 1.32 bits per heavy atom. The number of sulfonamides is 1.